The van der Waals surface area contributed by atoms with Gasteiger partial charge in [-0.05, 0) is 47.1 Å². The SMILES string of the molecule is CCOC(=O)c1c(CSc2ccccc2)oc2cc(Br)c(OCC(=O)O)cc12. The number of carbonyl (C=O) groups excluding carboxylic acids is 1. The number of hydrogen-bond acceptors (Lipinski definition) is 6. The summed E-state index contributed by atoms with van der Waals surface area (Å²) in [6.45, 7) is 1.47. The minimum absolute atomic E-state index is 0.232. The van der Waals surface area contributed by atoms with Crippen LogP contribution in [-0.4, -0.2) is 30.3 Å². The number of ether oxygens (including phenoxy) is 2. The summed E-state index contributed by atoms with van der Waals surface area (Å²) in [7, 11) is 0. The molecule has 0 unspecified atom stereocenters. The maximum Gasteiger partial charge on any atom is 0.342 e. The summed E-state index contributed by atoms with van der Waals surface area (Å²) < 4.78 is 17.0. The molecular formula is C20H17BrO6S. The first-order chi connectivity index (χ1) is 13.5. The highest BCUT2D eigenvalue weighted by atomic mass is 79.9. The molecule has 0 fully saturated rings. The fraction of sp³-hybridized carbons (Fsp3) is 0.200. The van der Waals surface area contributed by atoms with E-state index in [1.807, 2.05) is 30.3 Å². The molecule has 0 saturated carbocycles. The molecule has 146 valence electrons. The number of rotatable bonds is 8. The van der Waals surface area contributed by atoms with Gasteiger partial charge in [0.05, 0.1) is 16.8 Å². The van der Waals surface area contributed by atoms with Crippen molar-refractivity contribution in [1.29, 1.82) is 0 Å². The topological polar surface area (TPSA) is 86.0 Å². The predicted octanol–water partition coefficient (Wildman–Crippen LogP) is 5.13. The van der Waals surface area contributed by atoms with E-state index in [0.29, 0.717) is 38.3 Å². The van der Waals surface area contributed by atoms with Gasteiger partial charge in [-0.25, -0.2) is 9.59 Å². The van der Waals surface area contributed by atoms with Crippen molar-refractivity contribution >= 4 is 50.6 Å². The summed E-state index contributed by atoms with van der Waals surface area (Å²) in [4.78, 5) is 24.4. The first-order valence-corrected chi connectivity index (χ1v) is 10.2. The Labute approximate surface area is 173 Å². The lowest BCUT2D eigenvalue weighted by Gasteiger charge is -2.06. The second kappa shape index (κ2) is 9.16. The van der Waals surface area contributed by atoms with Crippen LogP contribution in [0.15, 0.2) is 56.2 Å². The molecule has 1 aromatic heterocycles. The Morgan fingerprint density at radius 2 is 1.96 bits per heavy atom. The fourth-order valence-electron chi connectivity index (χ4n) is 2.59. The van der Waals surface area contributed by atoms with Gasteiger partial charge in [-0.15, -0.1) is 11.8 Å². The van der Waals surface area contributed by atoms with Crippen LogP contribution >= 0.6 is 27.7 Å². The van der Waals surface area contributed by atoms with E-state index in [2.05, 4.69) is 15.9 Å². The minimum atomic E-state index is -1.09. The number of carbonyl (C=O) groups is 2. The van der Waals surface area contributed by atoms with Crippen molar-refractivity contribution in [1.82, 2.24) is 0 Å². The van der Waals surface area contributed by atoms with E-state index in [0.717, 1.165) is 4.90 Å². The fourth-order valence-corrected chi connectivity index (χ4v) is 3.88. The summed E-state index contributed by atoms with van der Waals surface area (Å²) in [6, 6.07) is 13.0. The number of carboxylic acid groups (broad SMARTS) is 1. The average molecular weight is 465 g/mol. The molecule has 3 aromatic rings. The van der Waals surface area contributed by atoms with Gasteiger partial charge < -0.3 is 19.0 Å². The standard InChI is InChI=1S/C20H17BrO6S/c1-2-25-20(24)19-13-8-16(26-10-18(22)23)14(21)9-15(13)27-17(19)11-28-12-6-4-3-5-7-12/h3-9H,2,10-11H2,1H3,(H,22,23). The first-order valence-electron chi connectivity index (χ1n) is 8.44. The van der Waals surface area contributed by atoms with Crippen molar-refractivity contribution in [3.63, 3.8) is 0 Å². The number of esters is 1. The molecule has 2 aromatic carbocycles. The van der Waals surface area contributed by atoms with E-state index in [1.165, 1.54) is 11.8 Å². The van der Waals surface area contributed by atoms with Crippen LogP contribution in [0.3, 0.4) is 0 Å². The quantitative estimate of drug-likeness (QED) is 0.365. The van der Waals surface area contributed by atoms with Crippen LogP contribution in [-0.2, 0) is 15.3 Å². The maximum absolute atomic E-state index is 12.6. The Kier molecular flexibility index (Phi) is 6.64. The zero-order valence-corrected chi connectivity index (χ0v) is 17.3. The van der Waals surface area contributed by atoms with E-state index in [4.69, 9.17) is 19.0 Å². The second-order valence-electron chi connectivity index (χ2n) is 5.68. The lowest BCUT2D eigenvalue weighted by molar-refractivity contribution is -0.139. The van der Waals surface area contributed by atoms with Crippen molar-refractivity contribution in [2.24, 2.45) is 0 Å². The molecule has 0 aliphatic rings. The number of carboxylic acids is 1. The third-order valence-electron chi connectivity index (χ3n) is 3.76. The molecule has 0 radical (unpaired) electrons. The van der Waals surface area contributed by atoms with Gasteiger partial charge in [0.15, 0.2) is 6.61 Å². The van der Waals surface area contributed by atoms with Gasteiger partial charge in [0.2, 0.25) is 0 Å². The molecule has 6 nitrogen and oxygen atoms in total. The zero-order chi connectivity index (χ0) is 20.1. The van der Waals surface area contributed by atoms with Crippen molar-refractivity contribution in [3.05, 3.63) is 58.3 Å². The maximum atomic E-state index is 12.6. The van der Waals surface area contributed by atoms with Gasteiger partial charge in [-0.3, -0.25) is 0 Å². The minimum Gasteiger partial charge on any atom is -0.481 e. The molecule has 8 heteroatoms. The number of benzene rings is 2. The van der Waals surface area contributed by atoms with Gasteiger partial charge in [0, 0.05) is 10.3 Å². The van der Waals surface area contributed by atoms with Crippen LogP contribution in [0.25, 0.3) is 11.0 Å². The molecular weight excluding hydrogens is 448 g/mol. The highest BCUT2D eigenvalue weighted by Crippen LogP contribution is 2.37. The third-order valence-corrected chi connectivity index (χ3v) is 5.39. The predicted molar refractivity (Wildman–Crippen MR) is 109 cm³/mol. The smallest absolute Gasteiger partial charge is 0.342 e. The van der Waals surface area contributed by atoms with Gasteiger partial charge in [-0.2, -0.15) is 0 Å². The lowest BCUT2D eigenvalue weighted by atomic mass is 10.1. The van der Waals surface area contributed by atoms with Crippen LogP contribution in [0.5, 0.6) is 5.75 Å². The van der Waals surface area contributed by atoms with Gasteiger partial charge in [-0.1, -0.05) is 18.2 Å². The molecule has 0 amide bonds. The molecule has 0 aliphatic carbocycles. The Hall–Kier alpha value is -2.45. The highest BCUT2D eigenvalue weighted by molar-refractivity contribution is 9.10. The van der Waals surface area contributed by atoms with Crippen molar-refractivity contribution in [3.8, 4) is 5.75 Å². The third kappa shape index (κ3) is 4.69. The number of furan rings is 1. The Bertz CT molecular complexity index is 999. The molecule has 3 rings (SSSR count). The largest absolute Gasteiger partial charge is 0.481 e. The van der Waals surface area contributed by atoms with Crippen molar-refractivity contribution < 1.29 is 28.6 Å². The summed E-state index contributed by atoms with van der Waals surface area (Å²) in [6.07, 6.45) is 0. The van der Waals surface area contributed by atoms with E-state index in [-0.39, 0.29) is 6.61 Å². The molecule has 28 heavy (non-hydrogen) atoms. The number of aliphatic carboxylic acids is 1. The lowest BCUT2D eigenvalue weighted by Crippen LogP contribution is -2.10. The molecule has 0 bridgehead atoms. The summed E-state index contributed by atoms with van der Waals surface area (Å²) in [5, 5.41) is 9.36. The van der Waals surface area contributed by atoms with Crippen molar-refractivity contribution in [2.75, 3.05) is 13.2 Å². The van der Waals surface area contributed by atoms with E-state index in [9.17, 15) is 9.59 Å². The van der Waals surface area contributed by atoms with Crippen LogP contribution in [0.2, 0.25) is 0 Å². The van der Waals surface area contributed by atoms with Crippen LogP contribution in [0.4, 0.5) is 0 Å². The monoisotopic (exact) mass is 464 g/mol. The number of halogens is 1. The Morgan fingerprint density at radius 3 is 2.64 bits per heavy atom. The number of fused-ring (bicyclic) bond motifs is 1. The Balaban J connectivity index is 2.00. The summed E-state index contributed by atoms with van der Waals surface area (Å²) in [5.41, 5.74) is 0.814. The molecule has 1 N–H and O–H groups in total. The highest BCUT2D eigenvalue weighted by Gasteiger charge is 2.24. The van der Waals surface area contributed by atoms with Gasteiger partial charge >= 0.3 is 11.9 Å². The number of thioether (sulfide) groups is 1. The second-order valence-corrected chi connectivity index (χ2v) is 7.59. The van der Waals surface area contributed by atoms with E-state index in [1.54, 1.807) is 19.1 Å². The number of hydrogen-bond donors (Lipinski definition) is 1. The molecule has 1 heterocycles. The molecule has 0 atom stereocenters. The first kappa shape index (κ1) is 20.3. The molecule has 0 spiro atoms. The van der Waals surface area contributed by atoms with Crippen LogP contribution in [0, 0.1) is 0 Å². The molecule has 0 aliphatic heterocycles. The summed E-state index contributed by atoms with van der Waals surface area (Å²) in [5.74, 6) is -0.343. The van der Waals surface area contributed by atoms with E-state index >= 15 is 0 Å². The van der Waals surface area contributed by atoms with Gasteiger partial charge in [0.1, 0.15) is 22.7 Å². The Morgan fingerprint density at radius 1 is 1.21 bits per heavy atom. The average Bonchev–Trinajstić information content (AvgIpc) is 3.02. The van der Waals surface area contributed by atoms with Crippen LogP contribution in [0.1, 0.15) is 23.0 Å². The van der Waals surface area contributed by atoms with Gasteiger partial charge in [0.25, 0.3) is 0 Å². The van der Waals surface area contributed by atoms with E-state index < -0.39 is 18.5 Å². The normalized spacial score (nSPS) is 10.8. The van der Waals surface area contributed by atoms with Crippen LogP contribution < -0.4 is 4.74 Å². The molecule has 0 saturated heterocycles. The summed E-state index contributed by atoms with van der Waals surface area (Å²) >= 11 is 4.88. The van der Waals surface area contributed by atoms with Crippen molar-refractivity contribution in [2.45, 2.75) is 17.6 Å². The zero-order valence-electron chi connectivity index (χ0n) is 14.9.